The van der Waals surface area contributed by atoms with Crippen LogP contribution in [0.25, 0.3) is 0 Å². The first kappa shape index (κ1) is 15.9. The summed E-state index contributed by atoms with van der Waals surface area (Å²) in [5.74, 6) is 0.180. The maximum atomic E-state index is 12.6. The quantitative estimate of drug-likeness (QED) is 0.940. The van der Waals surface area contributed by atoms with E-state index in [0.29, 0.717) is 23.7 Å². The lowest BCUT2D eigenvalue weighted by molar-refractivity contribution is 0.0782. The summed E-state index contributed by atoms with van der Waals surface area (Å²) >= 11 is 1.77. The zero-order valence-corrected chi connectivity index (χ0v) is 14.5. The van der Waals surface area contributed by atoms with Gasteiger partial charge in [-0.05, 0) is 39.2 Å². The highest BCUT2D eigenvalue weighted by Gasteiger charge is 2.26. The lowest BCUT2D eigenvalue weighted by Crippen LogP contribution is -2.33. The van der Waals surface area contributed by atoms with Gasteiger partial charge in [0.1, 0.15) is 0 Å². The van der Waals surface area contributed by atoms with Gasteiger partial charge in [-0.3, -0.25) is 9.59 Å². The molecule has 1 amide bonds. The van der Waals surface area contributed by atoms with Crippen LogP contribution in [0, 0.1) is 13.8 Å². The van der Waals surface area contributed by atoms with E-state index < -0.39 is 0 Å². The fraction of sp³-hybridized carbons (Fsp3) is 0.471. The van der Waals surface area contributed by atoms with Crippen molar-refractivity contribution in [2.24, 2.45) is 0 Å². The number of fused-ring (bicyclic) bond motifs is 1. The number of aromatic nitrogens is 2. The van der Waals surface area contributed by atoms with Crippen LogP contribution in [0.3, 0.4) is 0 Å². The number of aromatic amines is 1. The Balaban J connectivity index is 1.78. The van der Waals surface area contributed by atoms with Gasteiger partial charge in [-0.1, -0.05) is 0 Å². The van der Waals surface area contributed by atoms with E-state index in [1.807, 2.05) is 6.92 Å². The monoisotopic (exact) mass is 331 g/mol. The normalized spacial score (nSPS) is 16.9. The fourth-order valence-corrected chi connectivity index (χ4v) is 4.31. The van der Waals surface area contributed by atoms with Crippen molar-refractivity contribution < 1.29 is 4.79 Å². The minimum atomic E-state index is -0.239. The van der Waals surface area contributed by atoms with Crippen LogP contribution in [-0.2, 0) is 6.42 Å². The van der Waals surface area contributed by atoms with Crippen molar-refractivity contribution in [1.82, 2.24) is 14.9 Å². The van der Waals surface area contributed by atoms with Gasteiger partial charge in [0.25, 0.3) is 5.91 Å². The van der Waals surface area contributed by atoms with Crippen LogP contribution in [0.4, 0.5) is 0 Å². The topological polar surface area (TPSA) is 66.1 Å². The van der Waals surface area contributed by atoms with Gasteiger partial charge in [0.15, 0.2) is 0 Å². The zero-order chi connectivity index (χ0) is 16.6. The van der Waals surface area contributed by atoms with E-state index in [2.05, 4.69) is 9.97 Å². The second-order valence-electron chi connectivity index (χ2n) is 6.23. The molecule has 1 atom stereocenters. The minimum Gasteiger partial charge on any atom is -0.341 e. The molecule has 1 N–H and O–H groups in total. The van der Waals surface area contributed by atoms with E-state index in [-0.39, 0.29) is 11.5 Å². The Kier molecular flexibility index (Phi) is 4.35. The molecule has 122 valence electrons. The second kappa shape index (κ2) is 6.28. The van der Waals surface area contributed by atoms with Gasteiger partial charge < -0.3 is 9.88 Å². The molecular weight excluding hydrogens is 310 g/mol. The fourth-order valence-electron chi connectivity index (χ4n) is 3.25. The summed E-state index contributed by atoms with van der Waals surface area (Å²) < 4.78 is 0. The number of carbonyl (C=O) groups is 1. The van der Waals surface area contributed by atoms with E-state index in [0.717, 1.165) is 24.3 Å². The number of likely N-dealkylation sites (N-methyl/N-ethyl adjacent to an activating group) is 1. The van der Waals surface area contributed by atoms with Crippen LogP contribution in [0.1, 0.15) is 50.4 Å². The van der Waals surface area contributed by atoms with Gasteiger partial charge in [-0.25, -0.2) is 4.98 Å². The number of carbonyl (C=O) groups excluding carboxylic acids is 1. The maximum absolute atomic E-state index is 12.6. The van der Waals surface area contributed by atoms with Crippen molar-refractivity contribution in [2.45, 2.75) is 39.0 Å². The molecule has 0 aliphatic heterocycles. The van der Waals surface area contributed by atoms with E-state index in [4.69, 9.17) is 0 Å². The third kappa shape index (κ3) is 3.37. The molecule has 2 aromatic heterocycles. The third-order valence-electron chi connectivity index (χ3n) is 4.24. The maximum Gasteiger partial charge on any atom is 0.253 e. The molecule has 1 aliphatic rings. The average molecular weight is 331 g/mol. The summed E-state index contributed by atoms with van der Waals surface area (Å²) in [6.07, 6.45) is 3.30. The van der Waals surface area contributed by atoms with E-state index in [1.54, 1.807) is 36.3 Å². The minimum absolute atomic E-state index is 0.113. The highest BCUT2D eigenvalue weighted by Crippen LogP contribution is 2.35. The van der Waals surface area contributed by atoms with Crippen molar-refractivity contribution in [2.75, 3.05) is 13.6 Å². The number of hydrogen-bond donors (Lipinski definition) is 1. The summed E-state index contributed by atoms with van der Waals surface area (Å²) in [4.78, 5) is 34.6. The van der Waals surface area contributed by atoms with Gasteiger partial charge in [-0.15, -0.1) is 11.3 Å². The van der Waals surface area contributed by atoms with Crippen LogP contribution in [-0.4, -0.2) is 34.4 Å². The molecule has 2 aromatic rings. The summed E-state index contributed by atoms with van der Waals surface area (Å²) in [6.45, 7) is 4.46. The first-order chi connectivity index (χ1) is 10.9. The Morgan fingerprint density at radius 3 is 2.96 bits per heavy atom. The molecule has 0 fully saturated rings. The summed E-state index contributed by atoms with van der Waals surface area (Å²) in [6, 6.07) is 3.09. The number of thiazole rings is 1. The highest BCUT2D eigenvalue weighted by atomic mass is 32.1. The smallest absolute Gasteiger partial charge is 0.253 e. The van der Waals surface area contributed by atoms with Crippen molar-refractivity contribution >= 4 is 17.2 Å². The molecule has 0 radical (unpaired) electrons. The molecule has 0 saturated heterocycles. The Morgan fingerprint density at radius 1 is 1.43 bits per heavy atom. The SMILES string of the molecule is Cc1cc(C(=O)N(C)C[C@H]2CCCc3sc(C)nc32)cc(=O)[nH]1. The number of H-pyrrole nitrogens is 1. The van der Waals surface area contributed by atoms with Gasteiger partial charge in [0.2, 0.25) is 5.56 Å². The largest absolute Gasteiger partial charge is 0.341 e. The molecule has 3 rings (SSSR count). The number of hydrogen-bond acceptors (Lipinski definition) is 4. The summed E-state index contributed by atoms with van der Waals surface area (Å²) in [5, 5.41) is 1.10. The lowest BCUT2D eigenvalue weighted by Gasteiger charge is -2.26. The summed E-state index contributed by atoms with van der Waals surface area (Å²) in [7, 11) is 1.80. The zero-order valence-electron chi connectivity index (χ0n) is 13.7. The number of rotatable bonds is 3. The molecule has 5 nitrogen and oxygen atoms in total. The van der Waals surface area contributed by atoms with Crippen LogP contribution in [0.15, 0.2) is 16.9 Å². The Bertz CT molecular complexity index is 793. The molecule has 6 heteroatoms. The molecular formula is C17H21N3O2S. The van der Waals surface area contributed by atoms with Gasteiger partial charge in [-0.2, -0.15) is 0 Å². The van der Waals surface area contributed by atoms with Crippen molar-refractivity contribution in [3.05, 3.63) is 49.3 Å². The Morgan fingerprint density at radius 2 is 2.22 bits per heavy atom. The standard InChI is InChI=1S/C17H21N3O2S/c1-10-7-13(8-15(21)18-10)17(22)20(3)9-12-5-4-6-14-16(12)19-11(2)23-14/h7-8,12H,4-6,9H2,1-3H3,(H,18,21)/t12-/m1/s1. The predicted molar refractivity (Wildman–Crippen MR) is 91.3 cm³/mol. The van der Waals surface area contributed by atoms with E-state index >= 15 is 0 Å². The molecule has 0 unspecified atom stereocenters. The lowest BCUT2D eigenvalue weighted by atomic mass is 9.90. The molecule has 1 aliphatic carbocycles. The number of pyridine rings is 1. The molecule has 0 saturated carbocycles. The highest BCUT2D eigenvalue weighted by molar-refractivity contribution is 7.11. The predicted octanol–water partition coefficient (Wildman–Crippen LogP) is 2.64. The number of aryl methyl sites for hydroxylation is 3. The Hall–Kier alpha value is -1.95. The van der Waals surface area contributed by atoms with Crippen LogP contribution >= 0.6 is 11.3 Å². The third-order valence-corrected chi connectivity index (χ3v) is 5.29. The number of amides is 1. The molecule has 0 aromatic carbocycles. The second-order valence-corrected chi connectivity index (χ2v) is 7.52. The van der Waals surface area contributed by atoms with Gasteiger partial charge in [0, 0.05) is 41.7 Å². The first-order valence-corrected chi connectivity index (χ1v) is 8.68. The average Bonchev–Trinajstić information content (AvgIpc) is 2.86. The van der Waals surface area contributed by atoms with E-state index in [1.165, 1.54) is 16.6 Å². The van der Waals surface area contributed by atoms with Crippen LogP contribution < -0.4 is 5.56 Å². The molecule has 23 heavy (non-hydrogen) atoms. The van der Waals surface area contributed by atoms with Gasteiger partial charge >= 0.3 is 0 Å². The molecule has 0 spiro atoms. The summed E-state index contributed by atoms with van der Waals surface area (Å²) in [5.41, 5.74) is 2.07. The van der Waals surface area contributed by atoms with Crippen LogP contribution in [0.2, 0.25) is 0 Å². The van der Waals surface area contributed by atoms with Crippen LogP contribution in [0.5, 0.6) is 0 Å². The first-order valence-electron chi connectivity index (χ1n) is 7.86. The van der Waals surface area contributed by atoms with Crippen molar-refractivity contribution in [3.8, 4) is 0 Å². The number of nitrogens with one attached hydrogen (secondary N) is 1. The van der Waals surface area contributed by atoms with Crippen molar-refractivity contribution in [3.63, 3.8) is 0 Å². The van der Waals surface area contributed by atoms with Crippen molar-refractivity contribution in [1.29, 1.82) is 0 Å². The Labute approximate surface area is 139 Å². The van der Waals surface area contributed by atoms with E-state index in [9.17, 15) is 9.59 Å². The van der Waals surface area contributed by atoms with Gasteiger partial charge in [0.05, 0.1) is 10.7 Å². The molecule has 0 bridgehead atoms. The number of nitrogens with zero attached hydrogens (tertiary/aromatic N) is 2. The molecule has 2 heterocycles.